The number of ether oxygens (including phenoxy) is 2. The minimum absolute atomic E-state index is 0.198. The highest BCUT2D eigenvalue weighted by Gasteiger charge is 2.31. The Balaban J connectivity index is 2.09. The maximum Gasteiger partial charge on any atom is 0.164 e. The molecule has 2 rings (SSSR count). The molecule has 0 aromatic heterocycles. The largest absolute Gasteiger partial charge is 0.347 e. The lowest BCUT2D eigenvalue weighted by atomic mass is 10.1. The lowest BCUT2D eigenvalue weighted by molar-refractivity contribution is -0.132. The molecule has 0 spiro atoms. The van der Waals surface area contributed by atoms with E-state index in [-0.39, 0.29) is 6.10 Å². The average molecular weight is 227 g/mol. The van der Waals surface area contributed by atoms with Crippen LogP contribution in [-0.4, -0.2) is 18.5 Å². The average Bonchev–Trinajstić information content (AvgIpc) is 2.67. The van der Waals surface area contributed by atoms with Gasteiger partial charge in [0.15, 0.2) is 5.79 Å². The Morgan fingerprint density at radius 1 is 1.35 bits per heavy atom. The van der Waals surface area contributed by atoms with Gasteiger partial charge in [-0.2, -0.15) is 5.26 Å². The van der Waals surface area contributed by atoms with Gasteiger partial charge < -0.3 is 9.47 Å². The fourth-order valence-electron chi connectivity index (χ4n) is 1.59. The van der Waals surface area contributed by atoms with Crippen molar-refractivity contribution in [2.24, 2.45) is 0 Å². The molecule has 3 nitrogen and oxygen atoms in total. The summed E-state index contributed by atoms with van der Waals surface area (Å²) in [5.41, 5.74) is 1.43. The fraction of sp³-hybridized carbons (Fsp3) is 0.357. The zero-order valence-electron chi connectivity index (χ0n) is 9.86. The van der Waals surface area contributed by atoms with Crippen molar-refractivity contribution in [3.05, 3.63) is 35.4 Å². The number of nitriles is 1. The molecule has 1 aromatic rings. The molecule has 3 heteroatoms. The molecule has 0 radical (unpaired) electrons. The van der Waals surface area contributed by atoms with Gasteiger partial charge in [-0.05, 0) is 32.0 Å². The van der Waals surface area contributed by atoms with Crippen LogP contribution >= 0.6 is 0 Å². The third-order valence-corrected chi connectivity index (χ3v) is 2.38. The van der Waals surface area contributed by atoms with Gasteiger partial charge in [0.1, 0.15) is 6.10 Å². The second kappa shape index (κ2) is 4.59. The SMILES string of the molecule is CC1(C)OC[C@H](C#Cc2cccc(C#N)c2)O1. The molecule has 0 saturated carbocycles. The van der Waals surface area contributed by atoms with Crippen LogP contribution in [0.4, 0.5) is 0 Å². The Morgan fingerprint density at radius 3 is 2.76 bits per heavy atom. The summed E-state index contributed by atoms with van der Waals surface area (Å²) in [5, 5.41) is 8.77. The van der Waals surface area contributed by atoms with Crippen LogP contribution in [0, 0.1) is 23.2 Å². The van der Waals surface area contributed by atoms with Crippen molar-refractivity contribution in [3.8, 4) is 17.9 Å². The highest BCUT2D eigenvalue weighted by Crippen LogP contribution is 2.21. The predicted octanol–water partition coefficient (Wildman–Crippen LogP) is 2.06. The first-order valence-corrected chi connectivity index (χ1v) is 5.42. The van der Waals surface area contributed by atoms with Crippen molar-refractivity contribution < 1.29 is 9.47 Å². The Labute approximate surface area is 101 Å². The third-order valence-electron chi connectivity index (χ3n) is 2.38. The molecule has 0 bridgehead atoms. The van der Waals surface area contributed by atoms with Crippen LogP contribution in [0.5, 0.6) is 0 Å². The van der Waals surface area contributed by atoms with Crippen LogP contribution in [0.15, 0.2) is 24.3 Å². The van der Waals surface area contributed by atoms with E-state index in [1.165, 1.54) is 0 Å². The zero-order chi connectivity index (χ0) is 12.3. The minimum Gasteiger partial charge on any atom is -0.347 e. The highest BCUT2D eigenvalue weighted by molar-refractivity contribution is 5.41. The summed E-state index contributed by atoms with van der Waals surface area (Å²) < 4.78 is 11.0. The van der Waals surface area contributed by atoms with Crippen molar-refractivity contribution >= 4 is 0 Å². The Kier molecular flexibility index (Phi) is 3.15. The van der Waals surface area contributed by atoms with Crippen LogP contribution in [0.2, 0.25) is 0 Å². The van der Waals surface area contributed by atoms with Gasteiger partial charge in [-0.3, -0.25) is 0 Å². The number of rotatable bonds is 0. The molecule has 0 N–H and O–H groups in total. The Morgan fingerprint density at radius 2 is 2.12 bits per heavy atom. The standard InChI is InChI=1S/C14H13NO2/c1-14(2)16-10-13(17-14)7-6-11-4-3-5-12(8-11)9-15/h3-5,8,13H,10H2,1-2H3/t13-/m0/s1. The van der Waals surface area contributed by atoms with Gasteiger partial charge in [-0.15, -0.1) is 0 Å². The number of hydrogen-bond donors (Lipinski definition) is 0. The van der Waals surface area contributed by atoms with E-state index in [0.29, 0.717) is 12.2 Å². The maximum absolute atomic E-state index is 8.77. The highest BCUT2D eigenvalue weighted by atomic mass is 16.7. The van der Waals surface area contributed by atoms with Gasteiger partial charge >= 0.3 is 0 Å². The van der Waals surface area contributed by atoms with Gasteiger partial charge in [0.25, 0.3) is 0 Å². The molecule has 1 heterocycles. The molecule has 1 aliphatic heterocycles. The van der Waals surface area contributed by atoms with Crippen LogP contribution < -0.4 is 0 Å². The molecule has 1 saturated heterocycles. The fourth-order valence-corrected chi connectivity index (χ4v) is 1.59. The first-order valence-electron chi connectivity index (χ1n) is 5.42. The Hall–Kier alpha value is -1.81. The number of benzene rings is 1. The second-order valence-electron chi connectivity index (χ2n) is 4.28. The maximum atomic E-state index is 8.77. The van der Waals surface area contributed by atoms with Crippen molar-refractivity contribution in [1.29, 1.82) is 5.26 Å². The molecule has 17 heavy (non-hydrogen) atoms. The topological polar surface area (TPSA) is 42.2 Å². The van der Waals surface area contributed by atoms with Crippen LogP contribution in [0.25, 0.3) is 0 Å². The van der Waals surface area contributed by atoms with Crippen LogP contribution in [0.3, 0.4) is 0 Å². The summed E-state index contributed by atoms with van der Waals surface area (Å²) in [7, 11) is 0. The Bertz CT molecular complexity index is 517. The number of nitrogens with zero attached hydrogens (tertiary/aromatic N) is 1. The molecule has 1 fully saturated rings. The molecule has 0 amide bonds. The smallest absolute Gasteiger partial charge is 0.164 e. The molecule has 86 valence electrons. The van der Waals surface area contributed by atoms with E-state index in [4.69, 9.17) is 14.7 Å². The van der Waals surface area contributed by atoms with E-state index in [9.17, 15) is 0 Å². The first-order chi connectivity index (χ1) is 8.09. The third kappa shape index (κ3) is 3.07. The summed E-state index contributed by atoms with van der Waals surface area (Å²) in [5.74, 6) is 5.44. The zero-order valence-corrected chi connectivity index (χ0v) is 9.86. The minimum atomic E-state index is -0.548. The second-order valence-corrected chi connectivity index (χ2v) is 4.28. The van der Waals surface area contributed by atoms with Crippen molar-refractivity contribution in [2.75, 3.05) is 6.61 Å². The van der Waals surface area contributed by atoms with E-state index < -0.39 is 5.79 Å². The molecular weight excluding hydrogens is 214 g/mol. The van der Waals surface area contributed by atoms with Gasteiger partial charge in [0.2, 0.25) is 0 Å². The van der Waals surface area contributed by atoms with Gasteiger partial charge in [0, 0.05) is 5.56 Å². The summed E-state index contributed by atoms with van der Waals surface area (Å²) in [6.07, 6.45) is -0.198. The molecule has 0 aliphatic carbocycles. The molecular formula is C14H13NO2. The van der Waals surface area contributed by atoms with Crippen LogP contribution in [-0.2, 0) is 9.47 Å². The van der Waals surface area contributed by atoms with Gasteiger partial charge in [-0.1, -0.05) is 17.9 Å². The quantitative estimate of drug-likeness (QED) is 0.637. The van der Waals surface area contributed by atoms with Crippen LogP contribution in [0.1, 0.15) is 25.0 Å². The van der Waals surface area contributed by atoms with Crippen molar-refractivity contribution in [2.45, 2.75) is 25.7 Å². The van der Waals surface area contributed by atoms with Gasteiger partial charge in [-0.25, -0.2) is 0 Å². The summed E-state index contributed by atoms with van der Waals surface area (Å²) in [4.78, 5) is 0. The summed E-state index contributed by atoms with van der Waals surface area (Å²) in [6, 6.07) is 9.28. The lowest BCUT2D eigenvalue weighted by Gasteiger charge is -2.14. The molecule has 0 unspecified atom stereocenters. The van der Waals surface area contributed by atoms with E-state index >= 15 is 0 Å². The molecule has 1 atom stereocenters. The van der Waals surface area contributed by atoms with Crippen molar-refractivity contribution in [1.82, 2.24) is 0 Å². The number of hydrogen-bond acceptors (Lipinski definition) is 3. The summed E-state index contributed by atoms with van der Waals surface area (Å²) >= 11 is 0. The van der Waals surface area contributed by atoms with Gasteiger partial charge in [0.05, 0.1) is 18.2 Å². The summed E-state index contributed by atoms with van der Waals surface area (Å²) in [6.45, 7) is 4.22. The normalized spacial score (nSPS) is 21.4. The van der Waals surface area contributed by atoms with E-state index in [1.807, 2.05) is 26.0 Å². The van der Waals surface area contributed by atoms with E-state index in [0.717, 1.165) is 5.56 Å². The lowest BCUT2D eigenvalue weighted by Crippen LogP contribution is -2.20. The predicted molar refractivity (Wildman–Crippen MR) is 62.9 cm³/mol. The monoisotopic (exact) mass is 227 g/mol. The van der Waals surface area contributed by atoms with E-state index in [2.05, 4.69) is 17.9 Å². The first kappa shape index (κ1) is 11.7. The molecule has 1 aromatic carbocycles. The van der Waals surface area contributed by atoms with E-state index in [1.54, 1.807) is 12.1 Å². The molecule has 1 aliphatic rings. The van der Waals surface area contributed by atoms with Crippen molar-refractivity contribution in [3.63, 3.8) is 0 Å².